The number of hydrogen-bond acceptors (Lipinski definition) is 17. The number of benzene rings is 2. The molecule has 2 aromatic heterocycles. The lowest BCUT2D eigenvalue weighted by atomic mass is 10.0. The number of phenols is 1. The number of aromatic hydroxyl groups is 1. The van der Waals surface area contributed by atoms with E-state index in [-0.39, 0.29) is 94.4 Å². The van der Waals surface area contributed by atoms with Gasteiger partial charge in [-0.1, -0.05) is 44.2 Å². The molecule has 0 aliphatic carbocycles. The van der Waals surface area contributed by atoms with Crippen LogP contribution < -0.4 is 70.4 Å². The second kappa shape index (κ2) is 36.5. The van der Waals surface area contributed by atoms with Gasteiger partial charge in [0.05, 0.1) is 32.6 Å². The fourth-order valence-electron chi connectivity index (χ4n) is 10.0. The number of nitrogens with one attached hydrogen (secondary N) is 12. The summed E-state index contributed by atoms with van der Waals surface area (Å²) in [6.07, 6.45) is 0.156. The molecule has 8 atom stereocenters. The van der Waals surface area contributed by atoms with E-state index in [0.717, 1.165) is 0 Å². The monoisotopic (exact) mass is 1350 g/mol. The highest BCUT2D eigenvalue weighted by Crippen LogP contribution is 2.22. The highest BCUT2D eigenvalue weighted by molar-refractivity contribution is 5.99. The molecule has 0 unspecified atom stereocenters. The summed E-state index contributed by atoms with van der Waals surface area (Å²) in [4.78, 5) is 185. The van der Waals surface area contributed by atoms with Crippen LogP contribution in [-0.4, -0.2) is 212 Å². The largest absolute Gasteiger partial charge is 0.508 e. The minimum atomic E-state index is -5.08. The molecular formula is C59H79F3N18O16. The standard InChI is InChI=1S/C57H78N18O14.C2HF3O2/c1-30(2)19-39(51(84)70-38(9-5-17-62-57(59)60)56(89)75-18-6-10-44(75)55(88)65-25-45(58)78)69-48(81)27-64-47(80)26-66-49(82)40(20-31-11-13-34(77)14-12-31)71-54(87)43(28-76)74-52(85)41(21-32-23-63-36-8-4-3-7-35(32)36)72-53(86)42(22-33-24-61-29-67-33)73-50(83)37-15-16-46(79)68-37;3-2(4,5)1(6)7/h3-4,7-8,11-14,23-24,29-30,37-44,63,76-77H,5-6,9-10,15-22,25-28H2,1-2H3,(H2,58,78)(H,61,67)(H,64,80)(H,65,88)(H,66,82)(H,68,79)(H,69,81)(H,70,84)(H,71,87)(H,72,86)(H,73,83)(H,74,85)(H4,59,60,62);(H,6,7)/t37-,38-,39-,40-,41-,42-,43-,44-;/m0./s1. The van der Waals surface area contributed by atoms with Crippen LogP contribution >= 0.6 is 0 Å². The Morgan fingerprint density at radius 2 is 1.32 bits per heavy atom. The molecular weight excluding hydrogens is 1270 g/mol. The third-order valence-electron chi connectivity index (χ3n) is 14.8. The molecule has 2 aliphatic rings. The van der Waals surface area contributed by atoms with Crippen LogP contribution in [0.4, 0.5) is 13.2 Å². The summed E-state index contributed by atoms with van der Waals surface area (Å²) >= 11 is 0. The van der Waals surface area contributed by atoms with Crippen molar-refractivity contribution in [3.63, 3.8) is 0 Å². The zero-order chi connectivity index (χ0) is 70.8. The minimum absolute atomic E-state index is 0.0228. The number of guanidine groups is 1. The number of aromatic nitrogens is 3. The maximum absolute atomic E-state index is 14.4. The molecule has 0 saturated carbocycles. The van der Waals surface area contributed by atoms with E-state index in [1.807, 2.05) is 0 Å². The number of nitrogens with zero attached hydrogens (tertiary/aromatic N) is 3. The van der Waals surface area contributed by atoms with Gasteiger partial charge in [-0.15, -0.1) is 0 Å². The maximum atomic E-state index is 14.4. The molecule has 34 nitrogen and oxygen atoms in total. The van der Waals surface area contributed by atoms with Gasteiger partial charge in [-0.05, 0) is 73.8 Å². The van der Waals surface area contributed by atoms with Gasteiger partial charge in [-0.2, -0.15) is 13.2 Å². The topological polar surface area (TPSA) is 541 Å². The van der Waals surface area contributed by atoms with Crippen LogP contribution in [-0.2, 0) is 81.6 Å². The Morgan fingerprint density at radius 3 is 1.93 bits per heavy atom. The van der Waals surface area contributed by atoms with Crippen molar-refractivity contribution < 1.29 is 90.8 Å². The highest BCUT2D eigenvalue weighted by Gasteiger charge is 2.40. The van der Waals surface area contributed by atoms with E-state index in [4.69, 9.17) is 27.1 Å². The zero-order valence-corrected chi connectivity index (χ0v) is 52.2. The molecule has 0 spiro atoms. The van der Waals surface area contributed by atoms with Gasteiger partial charge in [-0.3, -0.25) is 62.5 Å². The number of rotatable bonds is 33. The Morgan fingerprint density at radius 1 is 0.708 bits per heavy atom. The van der Waals surface area contributed by atoms with Crippen molar-refractivity contribution in [3.05, 3.63) is 84.1 Å². The number of imidazole rings is 1. The van der Waals surface area contributed by atoms with Crippen molar-refractivity contribution in [1.29, 1.82) is 0 Å². The Kier molecular flexibility index (Phi) is 28.9. The summed E-state index contributed by atoms with van der Waals surface area (Å²) in [6.45, 7) is 0.919. The van der Waals surface area contributed by atoms with E-state index in [2.05, 4.69) is 73.1 Å². The number of aliphatic carboxylic acids is 1. The molecule has 21 N–H and O–H groups in total. The van der Waals surface area contributed by atoms with E-state index < -0.39 is 152 Å². The third kappa shape index (κ3) is 24.5. The first-order valence-electron chi connectivity index (χ1n) is 30.2. The molecule has 2 fully saturated rings. The van der Waals surface area contributed by atoms with E-state index in [1.165, 1.54) is 41.7 Å². The first-order chi connectivity index (χ1) is 45.4. The van der Waals surface area contributed by atoms with Gasteiger partial charge >= 0.3 is 12.1 Å². The number of halogens is 3. The average molecular weight is 1350 g/mol. The number of aliphatic hydroxyl groups is 1. The summed E-state index contributed by atoms with van der Waals surface area (Å²) < 4.78 is 31.7. The Bertz CT molecular complexity index is 3440. The molecule has 0 radical (unpaired) electrons. The number of aromatic amines is 2. The van der Waals surface area contributed by atoms with E-state index in [1.54, 1.807) is 44.3 Å². The second-order valence-electron chi connectivity index (χ2n) is 22.7. The number of primary amides is 1. The third-order valence-corrected chi connectivity index (χ3v) is 14.8. The summed E-state index contributed by atoms with van der Waals surface area (Å²) in [7, 11) is 0. The van der Waals surface area contributed by atoms with Gasteiger partial charge in [0.1, 0.15) is 54.1 Å². The van der Waals surface area contributed by atoms with Crippen molar-refractivity contribution in [2.75, 3.05) is 39.3 Å². The Hall–Kier alpha value is -10.9. The molecule has 522 valence electrons. The lowest BCUT2D eigenvalue weighted by Crippen LogP contribution is -2.60. The maximum Gasteiger partial charge on any atom is 0.490 e. The molecule has 12 amide bonds. The lowest BCUT2D eigenvalue weighted by molar-refractivity contribution is -0.192. The number of carbonyl (C=O) groups is 13. The van der Waals surface area contributed by atoms with E-state index in [0.29, 0.717) is 34.1 Å². The predicted molar refractivity (Wildman–Crippen MR) is 332 cm³/mol. The van der Waals surface area contributed by atoms with Gasteiger partial charge in [0.25, 0.3) is 0 Å². The van der Waals surface area contributed by atoms with Crippen LogP contribution in [0.15, 0.2) is 72.2 Å². The molecule has 96 heavy (non-hydrogen) atoms. The van der Waals surface area contributed by atoms with Crippen LogP contribution in [0.25, 0.3) is 10.9 Å². The van der Waals surface area contributed by atoms with E-state index in [9.17, 15) is 80.9 Å². The number of carboxylic acid groups (broad SMARTS) is 1. The molecule has 4 aromatic rings. The molecule has 37 heteroatoms. The fourth-order valence-corrected chi connectivity index (χ4v) is 10.0. The zero-order valence-electron chi connectivity index (χ0n) is 52.2. The number of H-pyrrole nitrogens is 2. The Balaban J connectivity index is 0.00000225. The number of phenolic OH excluding ortho intramolecular Hbond substituents is 1. The van der Waals surface area contributed by atoms with Crippen molar-refractivity contribution in [1.82, 2.24) is 73.0 Å². The molecule has 6 rings (SSSR count). The summed E-state index contributed by atoms with van der Waals surface area (Å²) in [5, 5.41) is 53.7. The van der Waals surface area contributed by atoms with Gasteiger partial charge < -0.3 is 101 Å². The first-order valence-corrected chi connectivity index (χ1v) is 30.2. The number of carboxylic acids is 1. The number of alkyl halides is 3. The molecule has 2 aliphatic heterocycles. The second-order valence-corrected chi connectivity index (χ2v) is 22.7. The summed E-state index contributed by atoms with van der Waals surface area (Å²) in [6, 6.07) is 2.33. The van der Waals surface area contributed by atoms with Gasteiger partial charge in [0.2, 0.25) is 70.9 Å². The van der Waals surface area contributed by atoms with Crippen molar-refractivity contribution in [2.45, 2.75) is 133 Å². The first kappa shape index (κ1) is 75.8. The van der Waals surface area contributed by atoms with Gasteiger partial charge in [0.15, 0.2) is 5.96 Å². The summed E-state index contributed by atoms with van der Waals surface area (Å²) in [5.74, 6) is -12.5. The fraction of sp³-hybridized carbons (Fsp3) is 0.475. The van der Waals surface area contributed by atoms with Crippen LogP contribution in [0.1, 0.15) is 75.6 Å². The summed E-state index contributed by atoms with van der Waals surface area (Å²) in [5.41, 5.74) is 18.3. The molecule has 4 heterocycles. The number of nitrogens with two attached hydrogens (primary N) is 3. The van der Waals surface area contributed by atoms with Gasteiger partial charge in [-0.25, -0.2) is 9.78 Å². The molecule has 2 saturated heterocycles. The van der Waals surface area contributed by atoms with Crippen LogP contribution in [0.2, 0.25) is 0 Å². The smallest absolute Gasteiger partial charge is 0.490 e. The quantitative estimate of drug-likeness (QED) is 0.0121. The van der Waals surface area contributed by atoms with Crippen LogP contribution in [0.3, 0.4) is 0 Å². The normalized spacial score (nSPS) is 16.1. The number of carbonyl (C=O) groups excluding carboxylic acids is 12. The van der Waals surface area contributed by atoms with Gasteiger partial charge in [0, 0.05) is 67.8 Å². The molecule has 0 bridgehead atoms. The SMILES string of the molecule is CC(C)C[C@H](NC(=O)CNC(=O)CNC(=O)[C@H](Cc1ccc(O)cc1)NC(=O)[C@H](CO)NC(=O)[C@H](Cc1c[nH]c2ccccc12)NC(=O)[C@H](Cc1cnc[nH]1)NC(=O)[C@@H]1CCC(=O)N1)C(=O)N[C@@H](CCCN=C(N)N)C(=O)N1CCC[C@H]1C(=O)NCC(N)=O.O=C(O)C(F)(F)F. The highest BCUT2D eigenvalue weighted by atomic mass is 19.4. The number of hydrogen-bond donors (Lipinski definition) is 18. The number of para-hydroxylation sites is 1. The molecule has 2 aromatic carbocycles. The van der Waals surface area contributed by atoms with Crippen molar-refractivity contribution >= 4 is 93.7 Å². The number of aliphatic hydroxyl groups excluding tert-OH is 1. The number of aliphatic imine (C=N–C) groups is 1. The van der Waals surface area contributed by atoms with Crippen molar-refractivity contribution in [2.24, 2.45) is 28.1 Å². The predicted octanol–water partition coefficient (Wildman–Crippen LogP) is -4.64. The number of amides is 12. The number of fused-ring (bicyclic) bond motifs is 1. The number of likely N-dealkylation sites (tertiary alicyclic amines) is 1. The van der Waals surface area contributed by atoms with Crippen molar-refractivity contribution in [3.8, 4) is 5.75 Å². The van der Waals surface area contributed by atoms with Crippen LogP contribution in [0, 0.1) is 5.92 Å². The minimum Gasteiger partial charge on any atom is -0.508 e. The van der Waals surface area contributed by atoms with Crippen LogP contribution in [0.5, 0.6) is 5.75 Å². The lowest BCUT2D eigenvalue weighted by Gasteiger charge is -2.30. The average Bonchev–Trinajstić information content (AvgIpc) is 1.59. The van der Waals surface area contributed by atoms with E-state index >= 15 is 0 Å². The Labute approximate surface area is 545 Å².